The zero-order valence-electron chi connectivity index (χ0n) is 16.9. The van der Waals surface area contributed by atoms with E-state index in [0.29, 0.717) is 5.92 Å². The normalized spacial score (nSPS) is 38.5. The molecule has 5 N–H and O–H groups in total. The second kappa shape index (κ2) is 11.3. The van der Waals surface area contributed by atoms with Gasteiger partial charge in [0.05, 0.1) is 18.2 Å². The Morgan fingerprint density at radius 3 is 2.46 bits per heavy atom. The molecule has 166 valence electrons. The van der Waals surface area contributed by atoms with Crippen molar-refractivity contribution in [2.45, 2.75) is 81.1 Å². The van der Waals surface area contributed by atoms with Crippen LogP contribution in [0.15, 0.2) is 0 Å². The van der Waals surface area contributed by atoms with Gasteiger partial charge in [0.25, 0.3) is 0 Å². The Morgan fingerprint density at radius 1 is 1.29 bits per heavy atom. The van der Waals surface area contributed by atoms with Crippen molar-refractivity contribution in [2.75, 3.05) is 19.8 Å². The van der Waals surface area contributed by atoms with E-state index in [1.54, 1.807) is 6.26 Å². The number of thioether (sulfide) groups is 1. The number of amides is 1. The Labute approximate surface area is 177 Å². The number of rotatable bonds is 7. The van der Waals surface area contributed by atoms with E-state index in [9.17, 15) is 25.2 Å². The average molecular weight is 443 g/mol. The minimum atomic E-state index is -1.42. The van der Waals surface area contributed by atoms with E-state index in [1.807, 2.05) is 11.9 Å². The third kappa shape index (κ3) is 5.72. The zero-order valence-corrected chi connectivity index (χ0v) is 18.5. The fourth-order valence-corrected chi connectivity index (χ4v) is 4.81. The monoisotopic (exact) mass is 442 g/mol. The van der Waals surface area contributed by atoms with Crippen LogP contribution in [-0.4, -0.2) is 99.1 Å². The predicted molar refractivity (Wildman–Crippen MR) is 110 cm³/mol. The minimum Gasteiger partial charge on any atom is -0.391 e. The Hall–Kier alpha value is -0.130. The van der Waals surface area contributed by atoms with Gasteiger partial charge in [0.1, 0.15) is 29.9 Å². The molecule has 0 bridgehead atoms. The summed E-state index contributed by atoms with van der Waals surface area (Å²) in [5.74, 6) is 0.245. The van der Waals surface area contributed by atoms with Gasteiger partial charge in [-0.1, -0.05) is 13.3 Å². The van der Waals surface area contributed by atoms with E-state index in [4.69, 9.17) is 4.74 Å². The first-order valence-electron chi connectivity index (χ1n) is 9.62. The lowest BCUT2D eigenvalue weighted by molar-refractivity contribution is -0.211. The summed E-state index contributed by atoms with van der Waals surface area (Å²) in [5.41, 5.74) is -0.755. The Kier molecular flexibility index (Phi) is 10.5. The third-order valence-electron chi connectivity index (χ3n) is 5.66. The highest BCUT2D eigenvalue weighted by Crippen LogP contribution is 2.30. The second-order valence-corrected chi connectivity index (χ2v) is 8.73. The first kappa shape index (κ1) is 25.9. The maximum atomic E-state index is 12.8. The highest BCUT2D eigenvalue weighted by Gasteiger charge is 2.48. The van der Waals surface area contributed by atoms with Crippen LogP contribution in [0.5, 0.6) is 0 Å². The molecule has 2 heterocycles. The number of likely N-dealkylation sites (tertiary alicyclic amines) is 1. The second-order valence-electron chi connectivity index (χ2n) is 7.80. The van der Waals surface area contributed by atoms with Crippen LogP contribution in [0.1, 0.15) is 33.1 Å². The van der Waals surface area contributed by atoms with Gasteiger partial charge in [-0.2, -0.15) is 0 Å². The molecule has 2 aliphatic rings. The van der Waals surface area contributed by atoms with Crippen molar-refractivity contribution in [3.63, 3.8) is 0 Å². The molecule has 10 heteroatoms. The van der Waals surface area contributed by atoms with Crippen LogP contribution in [0.2, 0.25) is 0 Å². The zero-order chi connectivity index (χ0) is 20.3. The maximum Gasteiger partial charge on any atom is 0.237 e. The van der Waals surface area contributed by atoms with Crippen LogP contribution < -0.4 is 5.32 Å². The molecule has 2 aliphatic heterocycles. The van der Waals surface area contributed by atoms with E-state index in [1.165, 1.54) is 18.7 Å². The van der Waals surface area contributed by atoms with E-state index in [2.05, 4.69) is 12.2 Å². The number of halogens is 1. The van der Waals surface area contributed by atoms with Gasteiger partial charge in [0, 0.05) is 6.54 Å². The molecule has 2 fully saturated rings. The molecule has 0 radical (unpaired) electrons. The van der Waals surface area contributed by atoms with Gasteiger partial charge in [-0.05, 0) is 39.0 Å². The van der Waals surface area contributed by atoms with Gasteiger partial charge < -0.3 is 30.5 Å². The first-order chi connectivity index (χ1) is 12.7. The molecule has 2 saturated heterocycles. The van der Waals surface area contributed by atoms with Gasteiger partial charge in [-0.25, -0.2) is 0 Å². The smallest absolute Gasteiger partial charge is 0.237 e. The SMILES string of the molecule is CCC[C@@H]1CC(C(=O)N[C@@H](C2O[C@H](SC)[C@H](O)[C@@H](O)[C@@H]2O)[C@@H](C)O)N(C)C1.Cl. The molecule has 2 unspecified atom stereocenters. The number of nitrogens with zero attached hydrogens (tertiary/aromatic N) is 1. The molecular weight excluding hydrogens is 408 g/mol. The first-order valence-corrected chi connectivity index (χ1v) is 10.9. The lowest BCUT2D eigenvalue weighted by atomic mass is 9.92. The minimum absolute atomic E-state index is 0. The number of hydrogen-bond acceptors (Lipinski definition) is 8. The molecule has 8 nitrogen and oxygen atoms in total. The number of hydrogen-bond donors (Lipinski definition) is 5. The number of nitrogens with one attached hydrogen (secondary N) is 1. The van der Waals surface area contributed by atoms with Crippen LogP contribution in [0, 0.1) is 5.92 Å². The van der Waals surface area contributed by atoms with Crippen molar-refractivity contribution in [1.29, 1.82) is 0 Å². The summed E-state index contributed by atoms with van der Waals surface area (Å²) in [4.78, 5) is 14.9. The fraction of sp³-hybridized carbons (Fsp3) is 0.944. The predicted octanol–water partition coefficient (Wildman–Crippen LogP) is -0.435. The lowest BCUT2D eigenvalue weighted by Gasteiger charge is -2.44. The number of carbonyl (C=O) groups is 1. The van der Waals surface area contributed by atoms with E-state index in [-0.39, 0.29) is 24.4 Å². The molecule has 28 heavy (non-hydrogen) atoms. The van der Waals surface area contributed by atoms with Crippen LogP contribution in [0.25, 0.3) is 0 Å². The van der Waals surface area contributed by atoms with Crippen LogP contribution >= 0.6 is 24.2 Å². The quantitative estimate of drug-likeness (QED) is 0.360. The number of ether oxygens (including phenoxy) is 1. The molecule has 0 aliphatic carbocycles. The standard InChI is InChI=1S/C18H34N2O6S.ClH/c1-5-6-10-7-11(20(3)8-10)17(25)19-12(9(2)21)16-14(23)13(22)15(24)18(26-16)27-4;/h9-16,18,21-24H,5-8H2,1-4H3,(H,19,25);1H/t9-,10-,11?,12-,13+,14+,15-,16?,18-;/m1./s1. The van der Waals surface area contributed by atoms with Crippen molar-refractivity contribution in [1.82, 2.24) is 10.2 Å². The highest BCUT2D eigenvalue weighted by molar-refractivity contribution is 7.99. The summed E-state index contributed by atoms with van der Waals surface area (Å²) < 4.78 is 5.72. The van der Waals surface area contributed by atoms with Gasteiger partial charge in [-0.3, -0.25) is 9.69 Å². The summed E-state index contributed by atoms with van der Waals surface area (Å²) in [6.45, 7) is 4.48. The van der Waals surface area contributed by atoms with Crippen LogP contribution in [0.3, 0.4) is 0 Å². The Morgan fingerprint density at radius 2 is 1.93 bits per heavy atom. The van der Waals surface area contributed by atoms with Gasteiger partial charge in [0.15, 0.2) is 0 Å². The molecule has 0 saturated carbocycles. The molecule has 0 spiro atoms. The van der Waals surface area contributed by atoms with Gasteiger partial charge in [-0.15, -0.1) is 24.2 Å². The molecule has 9 atom stereocenters. The van der Waals surface area contributed by atoms with Crippen molar-refractivity contribution in [3.05, 3.63) is 0 Å². The van der Waals surface area contributed by atoms with Gasteiger partial charge in [0.2, 0.25) is 5.91 Å². The summed E-state index contributed by atoms with van der Waals surface area (Å²) >= 11 is 1.20. The molecule has 0 aromatic rings. The summed E-state index contributed by atoms with van der Waals surface area (Å²) in [7, 11) is 1.91. The molecular formula is C18H35ClN2O6S. The molecule has 1 amide bonds. The van der Waals surface area contributed by atoms with Gasteiger partial charge >= 0.3 is 0 Å². The number of likely N-dealkylation sites (N-methyl/N-ethyl adjacent to an activating group) is 1. The summed E-state index contributed by atoms with van der Waals surface area (Å²) in [5, 5.41) is 43.5. The topological polar surface area (TPSA) is 122 Å². The van der Waals surface area contributed by atoms with Crippen LogP contribution in [0.4, 0.5) is 0 Å². The van der Waals surface area contributed by atoms with Crippen molar-refractivity contribution >= 4 is 30.1 Å². The Balaban J connectivity index is 0.00000392. The highest BCUT2D eigenvalue weighted by atomic mass is 35.5. The van der Waals surface area contributed by atoms with E-state index in [0.717, 1.165) is 25.8 Å². The fourth-order valence-electron chi connectivity index (χ4n) is 4.13. The van der Waals surface area contributed by atoms with Crippen molar-refractivity contribution in [2.24, 2.45) is 5.92 Å². The van der Waals surface area contributed by atoms with E-state index >= 15 is 0 Å². The Bertz CT molecular complexity index is 501. The number of carbonyl (C=O) groups excluding carboxylic acids is 1. The molecule has 0 aromatic heterocycles. The lowest BCUT2D eigenvalue weighted by Crippen LogP contribution is -2.65. The maximum absolute atomic E-state index is 12.8. The van der Waals surface area contributed by atoms with Crippen molar-refractivity contribution < 1.29 is 30.0 Å². The van der Waals surface area contributed by atoms with Crippen LogP contribution in [-0.2, 0) is 9.53 Å². The number of aliphatic hydroxyl groups is 4. The third-order valence-corrected chi connectivity index (χ3v) is 6.51. The van der Waals surface area contributed by atoms with E-state index < -0.39 is 42.0 Å². The molecule has 0 aromatic carbocycles. The molecule has 2 rings (SSSR count). The van der Waals surface area contributed by atoms with Crippen molar-refractivity contribution in [3.8, 4) is 0 Å². The number of aliphatic hydroxyl groups excluding tert-OH is 4. The largest absolute Gasteiger partial charge is 0.391 e. The summed E-state index contributed by atoms with van der Waals surface area (Å²) in [6, 6.07) is -1.20. The average Bonchev–Trinajstić information content (AvgIpc) is 2.99. The summed E-state index contributed by atoms with van der Waals surface area (Å²) in [6.07, 6.45) is -1.50.